The van der Waals surface area contributed by atoms with Gasteiger partial charge in [0.1, 0.15) is 11.5 Å². The summed E-state index contributed by atoms with van der Waals surface area (Å²) in [4.78, 5) is 23.1. The molecule has 0 atom stereocenters. The third kappa shape index (κ3) is 2.87. The zero-order chi connectivity index (χ0) is 20.9. The third-order valence-electron chi connectivity index (χ3n) is 4.12. The molecule has 1 heterocycles. The molecule has 146 valence electrons. The van der Waals surface area contributed by atoms with Crippen LogP contribution in [0.4, 0.5) is 5.69 Å². The molecule has 0 aliphatic carbocycles. The molecule has 28 heavy (non-hydrogen) atoms. The lowest BCUT2D eigenvalue weighted by molar-refractivity contribution is -0.386. The minimum absolute atomic E-state index is 0.0471. The topological polar surface area (TPSA) is 154 Å². The van der Waals surface area contributed by atoms with Crippen LogP contribution in [0.5, 0.6) is 23.0 Å². The van der Waals surface area contributed by atoms with Gasteiger partial charge in [0, 0.05) is 12.0 Å². The average molecular weight is 517 g/mol. The van der Waals surface area contributed by atoms with E-state index in [2.05, 4.69) is 31.9 Å². The number of phenolic OH excluding ortho intramolecular Hbond substituents is 4. The van der Waals surface area contributed by atoms with Crippen molar-refractivity contribution < 1.29 is 34.6 Å². The number of nitro groups is 1. The number of carbonyl (C=O) groups is 1. The van der Waals surface area contributed by atoms with Crippen molar-refractivity contribution in [1.82, 2.24) is 0 Å². The molecule has 0 unspecified atom stereocenters. The summed E-state index contributed by atoms with van der Waals surface area (Å²) in [6, 6.07) is 2.67. The number of benzene rings is 2. The van der Waals surface area contributed by atoms with Crippen molar-refractivity contribution in [2.45, 2.75) is 13.3 Å². The van der Waals surface area contributed by atoms with Crippen molar-refractivity contribution in [1.29, 1.82) is 0 Å². The molecular weight excluding hydrogens is 506 g/mol. The lowest BCUT2D eigenvalue weighted by Crippen LogP contribution is -2.04. The molecule has 9 nitrogen and oxygen atoms in total. The Morgan fingerprint density at radius 2 is 1.64 bits per heavy atom. The number of nitro benzene ring substituents is 1. The smallest absolute Gasteiger partial charge is 0.359 e. The van der Waals surface area contributed by atoms with E-state index >= 15 is 0 Å². The van der Waals surface area contributed by atoms with Crippen molar-refractivity contribution >= 4 is 54.3 Å². The molecule has 11 heteroatoms. The Balaban J connectivity index is 2.38. The summed E-state index contributed by atoms with van der Waals surface area (Å²) in [6.45, 7) is 1.64. The second-order valence-electron chi connectivity index (χ2n) is 5.73. The minimum atomic E-state index is -1.18. The number of phenols is 4. The summed E-state index contributed by atoms with van der Waals surface area (Å²) in [5.74, 6) is -3.87. The minimum Gasteiger partial charge on any atom is -0.506 e. The second-order valence-corrected chi connectivity index (χ2v) is 7.44. The van der Waals surface area contributed by atoms with Gasteiger partial charge in [-0.2, -0.15) is 0 Å². The summed E-state index contributed by atoms with van der Waals surface area (Å²) in [6.07, 6.45) is 0.156. The highest BCUT2D eigenvalue weighted by molar-refractivity contribution is 9.11. The number of aromatic hydroxyl groups is 4. The van der Waals surface area contributed by atoms with Crippen LogP contribution in [0.25, 0.3) is 11.0 Å². The Labute approximate surface area is 173 Å². The molecule has 0 saturated heterocycles. The molecule has 0 amide bonds. The molecule has 3 aromatic rings. The molecule has 3 rings (SSSR count). The molecule has 0 aliphatic heterocycles. The number of carbonyl (C=O) groups excluding carboxylic acids is 1. The van der Waals surface area contributed by atoms with Crippen LogP contribution in [0, 0.1) is 10.1 Å². The number of aryl methyl sites for hydroxylation is 1. The first-order chi connectivity index (χ1) is 13.1. The van der Waals surface area contributed by atoms with Crippen LogP contribution in [0.3, 0.4) is 0 Å². The number of nitrogens with zero attached hydrogens (tertiary/aromatic N) is 1. The quantitative estimate of drug-likeness (QED) is 0.130. The highest BCUT2D eigenvalue weighted by atomic mass is 79.9. The van der Waals surface area contributed by atoms with Gasteiger partial charge in [-0.3, -0.25) is 14.9 Å². The lowest BCUT2D eigenvalue weighted by atomic mass is 9.98. The van der Waals surface area contributed by atoms with Crippen LogP contribution in [0.15, 0.2) is 25.5 Å². The molecule has 2 aromatic carbocycles. The van der Waals surface area contributed by atoms with Crippen molar-refractivity contribution in [2.75, 3.05) is 0 Å². The zero-order valence-corrected chi connectivity index (χ0v) is 17.2. The Morgan fingerprint density at radius 1 is 1.07 bits per heavy atom. The molecule has 0 fully saturated rings. The van der Waals surface area contributed by atoms with Crippen LogP contribution in [-0.2, 0) is 6.42 Å². The molecular formula is C17H11Br2NO8. The largest absolute Gasteiger partial charge is 0.506 e. The Bertz CT molecular complexity index is 1150. The van der Waals surface area contributed by atoms with Gasteiger partial charge in [-0.25, -0.2) is 0 Å². The number of fused-ring (bicyclic) bond motifs is 1. The van der Waals surface area contributed by atoms with Gasteiger partial charge in [-0.1, -0.05) is 6.92 Å². The fourth-order valence-corrected chi connectivity index (χ4v) is 4.01. The van der Waals surface area contributed by atoms with Crippen LogP contribution in [-0.4, -0.2) is 31.1 Å². The van der Waals surface area contributed by atoms with E-state index in [1.54, 1.807) is 6.92 Å². The molecule has 0 aliphatic rings. The average Bonchev–Trinajstić information content (AvgIpc) is 3.03. The fraction of sp³-hybridized carbons (Fsp3) is 0.118. The Morgan fingerprint density at radius 3 is 2.14 bits per heavy atom. The third-order valence-corrected chi connectivity index (χ3v) is 5.32. The van der Waals surface area contributed by atoms with Gasteiger partial charge >= 0.3 is 5.69 Å². The van der Waals surface area contributed by atoms with Crippen molar-refractivity contribution in [2.24, 2.45) is 0 Å². The first kappa shape index (κ1) is 20.0. The maximum absolute atomic E-state index is 13.1. The molecule has 1 aromatic heterocycles. The maximum Gasteiger partial charge on any atom is 0.359 e. The lowest BCUT2D eigenvalue weighted by Gasteiger charge is -2.07. The summed E-state index contributed by atoms with van der Waals surface area (Å²) in [5.41, 5.74) is -1.69. The predicted molar refractivity (Wildman–Crippen MR) is 104 cm³/mol. The van der Waals surface area contributed by atoms with Gasteiger partial charge < -0.3 is 24.8 Å². The van der Waals surface area contributed by atoms with Crippen molar-refractivity contribution in [3.8, 4) is 23.0 Å². The van der Waals surface area contributed by atoms with E-state index in [0.29, 0.717) is 0 Å². The van der Waals surface area contributed by atoms with Crippen LogP contribution in [0.1, 0.15) is 28.6 Å². The maximum atomic E-state index is 13.1. The van der Waals surface area contributed by atoms with Crippen LogP contribution in [0.2, 0.25) is 0 Å². The summed E-state index contributed by atoms with van der Waals surface area (Å²) >= 11 is 6.23. The van der Waals surface area contributed by atoms with E-state index in [0.717, 1.165) is 0 Å². The van der Waals surface area contributed by atoms with E-state index in [-0.39, 0.29) is 43.4 Å². The van der Waals surface area contributed by atoms with Gasteiger partial charge in [0.05, 0.1) is 24.8 Å². The number of hydrogen-bond acceptors (Lipinski definition) is 8. The molecule has 0 bridgehead atoms. The number of hydrogen-bond donors (Lipinski definition) is 4. The second kappa shape index (κ2) is 6.99. The Kier molecular flexibility index (Phi) is 4.98. The normalized spacial score (nSPS) is 11.1. The standard InChI is InChI=1S/C17H11Br2NO8/c1-2-8-9(12(21)5-3-6(18)13(22)7(19)4-5)10-14(23)15(24)11(20(26)27)16(25)17(10)28-8/h3-4,22-25H,2H2,1H3. The van der Waals surface area contributed by atoms with Crippen LogP contribution < -0.4 is 0 Å². The number of furan rings is 1. The number of rotatable bonds is 4. The number of ketones is 1. The highest BCUT2D eigenvalue weighted by Gasteiger charge is 2.34. The van der Waals surface area contributed by atoms with E-state index in [9.17, 15) is 35.3 Å². The van der Waals surface area contributed by atoms with Gasteiger partial charge in [-0.15, -0.1) is 0 Å². The van der Waals surface area contributed by atoms with Crippen LogP contribution >= 0.6 is 31.9 Å². The molecule has 4 N–H and O–H groups in total. The highest BCUT2D eigenvalue weighted by Crippen LogP contribution is 2.51. The summed E-state index contributed by atoms with van der Waals surface area (Å²) < 4.78 is 5.86. The monoisotopic (exact) mass is 515 g/mol. The van der Waals surface area contributed by atoms with Gasteiger partial charge in [0.25, 0.3) is 0 Å². The summed E-state index contributed by atoms with van der Waals surface area (Å²) in [7, 11) is 0. The van der Waals surface area contributed by atoms with Gasteiger partial charge in [-0.05, 0) is 44.0 Å². The first-order valence-corrected chi connectivity index (χ1v) is 9.27. The van der Waals surface area contributed by atoms with E-state index in [1.807, 2.05) is 0 Å². The predicted octanol–water partition coefficient (Wildman–Crippen LogP) is 4.48. The Hall–Kier alpha value is -2.79. The zero-order valence-electron chi connectivity index (χ0n) is 14.0. The first-order valence-electron chi connectivity index (χ1n) is 7.69. The van der Waals surface area contributed by atoms with E-state index in [4.69, 9.17) is 4.42 Å². The van der Waals surface area contributed by atoms with Crippen molar-refractivity contribution in [3.05, 3.63) is 48.1 Å². The van der Waals surface area contributed by atoms with E-state index in [1.165, 1.54) is 12.1 Å². The SMILES string of the molecule is CCc1oc2c(O)c([N+](=O)[O-])c(O)c(O)c2c1C(=O)c1cc(Br)c(O)c(Br)c1. The molecule has 0 saturated carbocycles. The fourth-order valence-electron chi connectivity index (χ4n) is 2.82. The molecule has 0 radical (unpaired) electrons. The van der Waals surface area contributed by atoms with Gasteiger partial charge in [0.2, 0.25) is 11.5 Å². The van der Waals surface area contributed by atoms with Gasteiger partial charge in [0.15, 0.2) is 17.1 Å². The summed E-state index contributed by atoms with van der Waals surface area (Å²) in [5, 5.41) is 51.0. The number of halogens is 2. The molecule has 0 spiro atoms. The van der Waals surface area contributed by atoms with Crippen molar-refractivity contribution in [3.63, 3.8) is 0 Å². The van der Waals surface area contributed by atoms with E-state index < -0.39 is 39.2 Å².